The van der Waals surface area contributed by atoms with Crippen LogP contribution in [0.25, 0.3) is 0 Å². The Kier molecular flexibility index (Phi) is 4.12. The minimum atomic E-state index is -0.319. The molecule has 0 saturated carbocycles. The molecule has 0 aliphatic carbocycles. The Labute approximate surface area is 89.6 Å². The van der Waals surface area contributed by atoms with E-state index < -0.39 is 0 Å². The molecule has 4 nitrogen and oxygen atoms in total. The van der Waals surface area contributed by atoms with Crippen molar-refractivity contribution in [1.82, 2.24) is 0 Å². The van der Waals surface area contributed by atoms with Gasteiger partial charge in [-0.1, -0.05) is 17.7 Å². The number of rotatable bonds is 4. The van der Waals surface area contributed by atoms with Crippen LogP contribution in [0.2, 0.25) is 0 Å². The number of carbonyl (C=O) groups excluding carboxylic acids is 1. The van der Waals surface area contributed by atoms with Gasteiger partial charge in [0.25, 0.3) is 0 Å². The number of hydrogen-bond donors (Lipinski definition) is 1. The molecule has 0 aliphatic heterocycles. The van der Waals surface area contributed by atoms with E-state index in [9.17, 15) is 4.79 Å². The standard InChI is InChI=1S/C11H16N2O2/c1-3-15-11(14)8-13(12)10-6-4-9(2)5-7-10/h4-7H,3,8,12H2,1-2H3. The second-order valence-electron chi connectivity index (χ2n) is 3.27. The summed E-state index contributed by atoms with van der Waals surface area (Å²) >= 11 is 0. The lowest BCUT2D eigenvalue weighted by molar-refractivity contribution is -0.141. The molecule has 0 atom stereocenters. The fraction of sp³-hybridized carbons (Fsp3) is 0.364. The van der Waals surface area contributed by atoms with Gasteiger partial charge >= 0.3 is 5.97 Å². The van der Waals surface area contributed by atoms with Crippen LogP contribution in [0.1, 0.15) is 12.5 Å². The summed E-state index contributed by atoms with van der Waals surface area (Å²) in [6.07, 6.45) is 0. The molecule has 0 aromatic heterocycles. The van der Waals surface area contributed by atoms with Crippen molar-refractivity contribution < 1.29 is 9.53 Å². The molecule has 0 heterocycles. The zero-order chi connectivity index (χ0) is 11.3. The fourth-order valence-electron chi connectivity index (χ4n) is 1.17. The van der Waals surface area contributed by atoms with Gasteiger partial charge in [0, 0.05) is 0 Å². The molecule has 1 rings (SSSR count). The number of hydrogen-bond acceptors (Lipinski definition) is 4. The Balaban J connectivity index is 2.57. The van der Waals surface area contributed by atoms with Crippen LogP contribution < -0.4 is 10.9 Å². The van der Waals surface area contributed by atoms with Crippen LogP contribution in [-0.4, -0.2) is 19.1 Å². The van der Waals surface area contributed by atoms with Crippen LogP contribution >= 0.6 is 0 Å². The highest BCUT2D eigenvalue weighted by molar-refractivity contribution is 5.75. The number of ether oxygens (including phenoxy) is 1. The number of benzene rings is 1. The molecular weight excluding hydrogens is 192 g/mol. The summed E-state index contributed by atoms with van der Waals surface area (Å²) in [5, 5.41) is 1.37. The molecule has 0 fully saturated rings. The molecule has 1 aromatic carbocycles. The number of nitrogens with zero attached hydrogens (tertiary/aromatic N) is 1. The Morgan fingerprint density at radius 1 is 1.40 bits per heavy atom. The number of hydrazine groups is 1. The topological polar surface area (TPSA) is 55.6 Å². The van der Waals surface area contributed by atoms with Crippen molar-refractivity contribution >= 4 is 11.7 Å². The third-order valence-electron chi connectivity index (χ3n) is 1.97. The molecule has 82 valence electrons. The molecule has 2 N–H and O–H groups in total. The molecule has 0 unspecified atom stereocenters. The molecule has 0 saturated heterocycles. The summed E-state index contributed by atoms with van der Waals surface area (Å²) in [5.41, 5.74) is 1.96. The van der Waals surface area contributed by atoms with Crippen molar-refractivity contribution in [3.8, 4) is 0 Å². The van der Waals surface area contributed by atoms with E-state index in [-0.39, 0.29) is 12.5 Å². The molecule has 0 radical (unpaired) electrons. The normalized spacial score (nSPS) is 9.80. The van der Waals surface area contributed by atoms with Gasteiger partial charge < -0.3 is 4.74 Å². The second-order valence-corrected chi connectivity index (χ2v) is 3.27. The number of nitrogens with two attached hydrogens (primary N) is 1. The highest BCUT2D eigenvalue weighted by atomic mass is 16.5. The smallest absolute Gasteiger partial charge is 0.327 e. The minimum absolute atomic E-state index is 0.0664. The molecule has 0 spiro atoms. The lowest BCUT2D eigenvalue weighted by Crippen LogP contribution is -2.36. The highest BCUT2D eigenvalue weighted by Crippen LogP contribution is 2.11. The zero-order valence-electron chi connectivity index (χ0n) is 9.06. The van der Waals surface area contributed by atoms with E-state index in [1.807, 2.05) is 31.2 Å². The van der Waals surface area contributed by atoms with Crippen LogP contribution in [0.4, 0.5) is 5.69 Å². The van der Waals surface area contributed by atoms with Crippen molar-refractivity contribution in [2.24, 2.45) is 5.84 Å². The van der Waals surface area contributed by atoms with Gasteiger partial charge in [-0.3, -0.25) is 9.80 Å². The lowest BCUT2D eigenvalue weighted by atomic mass is 10.2. The van der Waals surface area contributed by atoms with Gasteiger partial charge in [-0.2, -0.15) is 0 Å². The van der Waals surface area contributed by atoms with E-state index in [1.54, 1.807) is 6.92 Å². The quantitative estimate of drug-likeness (QED) is 0.459. The SMILES string of the molecule is CCOC(=O)CN(N)c1ccc(C)cc1. The maximum Gasteiger partial charge on any atom is 0.327 e. The van der Waals surface area contributed by atoms with Crippen LogP contribution in [0.15, 0.2) is 24.3 Å². The van der Waals surface area contributed by atoms with E-state index in [4.69, 9.17) is 10.6 Å². The first-order valence-electron chi connectivity index (χ1n) is 4.88. The minimum Gasteiger partial charge on any atom is -0.465 e. The molecule has 1 aromatic rings. The summed E-state index contributed by atoms with van der Waals surface area (Å²) in [5.74, 6) is 5.39. The van der Waals surface area contributed by atoms with E-state index in [0.717, 1.165) is 11.3 Å². The number of aryl methyl sites for hydroxylation is 1. The van der Waals surface area contributed by atoms with Crippen molar-refractivity contribution in [3.05, 3.63) is 29.8 Å². The average Bonchev–Trinajstić information content (AvgIpc) is 2.18. The predicted octanol–water partition coefficient (Wildman–Crippen LogP) is 1.24. The van der Waals surface area contributed by atoms with Gasteiger partial charge in [0.1, 0.15) is 6.54 Å². The third kappa shape index (κ3) is 3.59. The summed E-state index contributed by atoms with van der Waals surface area (Å²) in [4.78, 5) is 11.1. The number of anilines is 1. The highest BCUT2D eigenvalue weighted by Gasteiger charge is 2.07. The van der Waals surface area contributed by atoms with Gasteiger partial charge in [0.05, 0.1) is 12.3 Å². The summed E-state index contributed by atoms with van der Waals surface area (Å²) < 4.78 is 4.80. The van der Waals surface area contributed by atoms with Crippen LogP contribution in [0, 0.1) is 6.92 Å². The number of carbonyl (C=O) groups is 1. The second kappa shape index (κ2) is 5.36. The van der Waals surface area contributed by atoms with E-state index in [2.05, 4.69) is 0 Å². The Morgan fingerprint density at radius 3 is 2.53 bits per heavy atom. The summed E-state index contributed by atoms with van der Waals surface area (Å²) in [6, 6.07) is 7.63. The Morgan fingerprint density at radius 2 is 2.00 bits per heavy atom. The molecule has 0 aliphatic rings. The van der Waals surface area contributed by atoms with E-state index >= 15 is 0 Å². The maximum atomic E-state index is 11.1. The van der Waals surface area contributed by atoms with Gasteiger partial charge in [0.15, 0.2) is 0 Å². The first-order chi connectivity index (χ1) is 7.13. The van der Waals surface area contributed by atoms with Gasteiger partial charge in [-0.25, -0.2) is 5.84 Å². The molecule has 0 amide bonds. The lowest BCUT2D eigenvalue weighted by Gasteiger charge is -2.17. The van der Waals surface area contributed by atoms with Crippen molar-refractivity contribution in [2.45, 2.75) is 13.8 Å². The Hall–Kier alpha value is -1.55. The largest absolute Gasteiger partial charge is 0.465 e. The zero-order valence-corrected chi connectivity index (χ0v) is 9.06. The first kappa shape index (κ1) is 11.5. The van der Waals surface area contributed by atoms with E-state index in [1.165, 1.54) is 5.01 Å². The maximum absolute atomic E-state index is 11.1. The van der Waals surface area contributed by atoms with E-state index in [0.29, 0.717) is 6.61 Å². The van der Waals surface area contributed by atoms with Crippen molar-refractivity contribution in [1.29, 1.82) is 0 Å². The van der Waals surface area contributed by atoms with Crippen LogP contribution in [0.5, 0.6) is 0 Å². The monoisotopic (exact) mass is 208 g/mol. The molecule has 4 heteroatoms. The number of esters is 1. The van der Waals surface area contributed by atoms with Crippen LogP contribution in [0.3, 0.4) is 0 Å². The molecular formula is C11H16N2O2. The van der Waals surface area contributed by atoms with Gasteiger partial charge in [0.2, 0.25) is 0 Å². The summed E-state index contributed by atoms with van der Waals surface area (Å²) in [6.45, 7) is 4.21. The van der Waals surface area contributed by atoms with Crippen LogP contribution in [-0.2, 0) is 9.53 Å². The summed E-state index contributed by atoms with van der Waals surface area (Å²) in [7, 11) is 0. The fourth-order valence-corrected chi connectivity index (χ4v) is 1.17. The average molecular weight is 208 g/mol. The molecule has 15 heavy (non-hydrogen) atoms. The Bertz CT molecular complexity index is 322. The predicted molar refractivity (Wildman–Crippen MR) is 59.3 cm³/mol. The van der Waals surface area contributed by atoms with Crippen molar-refractivity contribution in [2.75, 3.05) is 18.2 Å². The van der Waals surface area contributed by atoms with Gasteiger partial charge in [-0.05, 0) is 26.0 Å². The van der Waals surface area contributed by atoms with Gasteiger partial charge in [-0.15, -0.1) is 0 Å². The third-order valence-corrected chi connectivity index (χ3v) is 1.97. The first-order valence-corrected chi connectivity index (χ1v) is 4.88. The molecule has 0 bridgehead atoms. The van der Waals surface area contributed by atoms with Crippen molar-refractivity contribution in [3.63, 3.8) is 0 Å².